The van der Waals surface area contributed by atoms with Crippen LogP contribution < -0.4 is 14.8 Å². The largest absolute Gasteiger partial charge is 0.507 e. The molecule has 2 amide bonds. The second-order valence-corrected chi connectivity index (χ2v) is 12.7. The third-order valence-corrected chi connectivity index (χ3v) is 7.81. The maximum absolute atomic E-state index is 12.2. The highest BCUT2D eigenvalue weighted by Gasteiger charge is 2.40. The first-order chi connectivity index (χ1) is 19.2. The van der Waals surface area contributed by atoms with E-state index in [1.54, 1.807) is 27.7 Å². The lowest BCUT2D eigenvalue weighted by molar-refractivity contribution is -0.160. The number of nitrogens with one attached hydrogen (secondary N) is 1. The van der Waals surface area contributed by atoms with Crippen molar-refractivity contribution >= 4 is 34.6 Å². The van der Waals surface area contributed by atoms with E-state index in [4.69, 9.17) is 19.0 Å². The summed E-state index contributed by atoms with van der Waals surface area (Å²) >= 11 is 0.999. The second kappa shape index (κ2) is 11.6. The molecular weight excluding hydrogens is 548 g/mol. The number of rotatable bonds is 8. The number of esters is 1. The Labute approximate surface area is 243 Å². The molecule has 1 saturated heterocycles. The fourth-order valence-electron chi connectivity index (χ4n) is 4.70. The van der Waals surface area contributed by atoms with E-state index in [1.807, 2.05) is 45.0 Å². The monoisotopic (exact) mass is 584 g/mol. The van der Waals surface area contributed by atoms with E-state index < -0.39 is 22.4 Å². The van der Waals surface area contributed by atoms with Crippen molar-refractivity contribution < 1.29 is 38.5 Å². The van der Waals surface area contributed by atoms with Crippen molar-refractivity contribution in [2.24, 2.45) is 5.16 Å². The van der Waals surface area contributed by atoms with E-state index in [1.165, 1.54) is 0 Å². The van der Waals surface area contributed by atoms with Crippen LogP contribution in [0.4, 0.5) is 4.79 Å². The number of benzene rings is 2. The maximum Gasteiger partial charge on any atom is 0.347 e. The van der Waals surface area contributed by atoms with Crippen molar-refractivity contribution in [2.75, 3.05) is 13.2 Å². The van der Waals surface area contributed by atoms with Crippen LogP contribution in [0.25, 0.3) is 0 Å². The van der Waals surface area contributed by atoms with Crippen LogP contribution >= 0.6 is 11.8 Å². The van der Waals surface area contributed by atoms with Gasteiger partial charge in [-0.15, -0.1) is 0 Å². The van der Waals surface area contributed by atoms with Gasteiger partial charge in [-0.05, 0) is 83.7 Å². The summed E-state index contributed by atoms with van der Waals surface area (Å²) in [6, 6.07) is 7.35. The molecule has 2 aromatic rings. The summed E-state index contributed by atoms with van der Waals surface area (Å²) in [5.41, 5.74) is 2.64. The second-order valence-electron chi connectivity index (χ2n) is 11.6. The molecule has 0 spiro atoms. The number of aromatic hydroxyl groups is 1. The van der Waals surface area contributed by atoms with Gasteiger partial charge in [-0.1, -0.05) is 29.1 Å². The molecule has 10 nitrogen and oxygen atoms in total. The van der Waals surface area contributed by atoms with Crippen molar-refractivity contribution in [1.82, 2.24) is 5.32 Å². The average molecular weight is 585 g/mol. The van der Waals surface area contributed by atoms with Crippen LogP contribution in [0.3, 0.4) is 0 Å². The molecule has 2 aliphatic rings. The van der Waals surface area contributed by atoms with Gasteiger partial charge in [-0.2, -0.15) is 0 Å². The third kappa shape index (κ3) is 7.13. The Balaban J connectivity index is 1.51. The highest BCUT2D eigenvalue weighted by Crippen LogP contribution is 2.43. The number of imide groups is 1. The van der Waals surface area contributed by atoms with Gasteiger partial charge in [0.25, 0.3) is 5.24 Å². The molecule has 220 valence electrons. The zero-order valence-corrected chi connectivity index (χ0v) is 25.2. The first-order valence-corrected chi connectivity index (χ1v) is 14.2. The van der Waals surface area contributed by atoms with Crippen LogP contribution in [-0.2, 0) is 25.6 Å². The van der Waals surface area contributed by atoms with Crippen LogP contribution in [0, 0.1) is 20.8 Å². The number of fused-ring (bicyclic) bond motifs is 1. The van der Waals surface area contributed by atoms with E-state index in [0.29, 0.717) is 40.3 Å². The number of hydrogen-bond donors (Lipinski definition) is 2. The van der Waals surface area contributed by atoms with Gasteiger partial charge in [0.05, 0.1) is 11.0 Å². The Hall–Kier alpha value is -3.73. The number of amides is 2. The summed E-state index contributed by atoms with van der Waals surface area (Å²) in [7, 11) is 0. The smallest absolute Gasteiger partial charge is 0.347 e. The van der Waals surface area contributed by atoms with Crippen LogP contribution in [0.15, 0.2) is 29.4 Å². The highest BCUT2D eigenvalue weighted by atomic mass is 32.2. The van der Waals surface area contributed by atoms with Gasteiger partial charge in [0.15, 0.2) is 0 Å². The van der Waals surface area contributed by atoms with Gasteiger partial charge in [-0.3, -0.25) is 14.9 Å². The number of phenolic OH excluding ortho intramolecular Hbond substituents is 1. The lowest BCUT2D eigenvalue weighted by Crippen LogP contribution is -2.45. The van der Waals surface area contributed by atoms with Gasteiger partial charge in [0.1, 0.15) is 35.1 Å². The Bertz CT molecular complexity index is 1400. The minimum Gasteiger partial charge on any atom is -0.507 e. The average Bonchev–Trinajstić information content (AvgIpc) is 3.20. The summed E-state index contributed by atoms with van der Waals surface area (Å²) in [5, 5.41) is 16.6. The number of thioether (sulfide) groups is 1. The fourth-order valence-corrected chi connectivity index (χ4v) is 5.56. The molecule has 2 N–H and O–H groups in total. The number of oxime groups is 1. The predicted octanol–water partition coefficient (Wildman–Crippen LogP) is 4.89. The van der Waals surface area contributed by atoms with Gasteiger partial charge in [0.2, 0.25) is 12.5 Å². The lowest BCUT2D eigenvalue weighted by atomic mass is 9.86. The van der Waals surface area contributed by atoms with Crippen LogP contribution in [0.1, 0.15) is 61.9 Å². The number of nitrogens with zero attached hydrogens (tertiary/aromatic N) is 1. The molecule has 2 heterocycles. The molecule has 0 aromatic heterocycles. The Morgan fingerprint density at radius 3 is 2.44 bits per heavy atom. The van der Waals surface area contributed by atoms with E-state index in [0.717, 1.165) is 22.9 Å². The summed E-state index contributed by atoms with van der Waals surface area (Å²) in [5.74, 6) is 0.527. The predicted molar refractivity (Wildman–Crippen MR) is 155 cm³/mol. The summed E-state index contributed by atoms with van der Waals surface area (Å²) in [6.07, 6.45) is 0.727. The molecule has 0 saturated carbocycles. The van der Waals surface area contributed by atoms with Gasteiger partial charge in [-0.25, -0.2) is 4.79 Å². The number of ether oxygens (including phenoxy) is 3. The first-order valence-electron chi connectivity index (χ1n) is 13.3. The molecule has 0 aliphatic carbocycles. The summed E-state index contributed by atoms with van der Waals surface area (Å²) < 4.78 is 17.9. The molecule has 2 aliphatic heterocycles. The van der Waals surface area contributed by atoms with Gasteiger partial charge < -0.3 is 24.2 Å². The fraction of sp³-hybridized carbons (Fsp3) is 0.467. The molecule has 0 bridgehead atoms. The SMILES string of the molecule is Cc1c(C)c2c(c(C)c1O)/C(=N\OCC(=O)OC(C)(C)C)CC(C)(COc1ccc(CC3SC(=O)NC3=O)cc1)O2. The van der Waals surface area contributed by atoms with Crippen LogP contribution in [0.2, 0.25) is 0 Å². The Morgan fingerprint density at radius 1 is 1.15 bits per heavy atom. The minimum atomic E-state index is -0.848. The first kappa shape index (κ1) is 30.2. The van der Waals surface area contributed by atoms with Crippen molar-refractivity contribution in [2.45, 2.75) is 77.8 Å². The number of carbonyl (C=O) groups excluding carboxylic acids is 3. The molecule has 2 atom stereocenters. The van der Waals surface area contributed by atoms with Crippen molar-refractivity contribution in [3.63, 3.8) is 0 Å². The van der Waals surface area contributed by atoms with Crippen molar-refractivity contribution in [1.29, 1.82) is 0 Å². The summed E-state index contributed by atoms with van der Waals surface area (Å²) in [4.78, 5) is 40.9. The van der Waals surface area contributed by atoms with Crippen LogP contribution in [-0.4, -0.2) is 57.6 Å². The molecule has 41 heavy (non-hydrogen) atoms. The summed E-state index contributed by atoms with van der Waals surface area (Å²) in [6.45, 7) is 12.5. The molecular formula is C30H36N2O8S. The van der Waals surface area contributed by atoms with Crippen molar-refractivity contribution in [3.05, 3.63) is 52.1 Å². The molecule has 1 fully saturated rings. The Kier molecular flexibility index (Phi) is 8.58. The highest BCUT2D eigenvalue weighted by molar-refractivity contribution is 8.15. The molecule has 4 rings (SSSR count). The number of carbonyl (C=O) groups is 3. The zero-order valence-electron chi connectivity index (χ0n) is 24.4. The number of phenols is 1. The van der Waals surface area contributed by atoms with Gasteiger partial charge >= 0.3 is 5.97 Å². The zero-order chi connectivity index (χ0) is 30.1. The van der Waals surface area contributed by atoms with E-state index >= 15 is 0 Å². The quantitative estimate of drug-likeness (QED) is 0.329. The number of hydrogen-bond acceptors (Lipinski definition) is 10. The van der Waals surface area contributed by atoms with E-state index in [9.17, 15) is 19.5 Å². The van der Waals surface area contributed by atoms with Gasteiger partial charge in [0, 0.05) is 17.5 Å². The van der Waals surface area contributed by atoms with E-state index in [2.05, 4.69) is 10.5 Å². The minimum absolute atomic E-state index is 0.155. The normalized spacial score (nSPS) is 21.2. The maximum atomic E-state index is 12.2. The van der Waals surface area contributed by atoms with Crippen LogP contribution in [0.5, 0.6) is 17.2 Å². The lowest BCUT2D eigenvalue weighted by Gasteiger charge is -2.38. The molecule has 11 heteroatoms. The molecule has 2 unspecified atom stereocenters. The third-order valence-electron chi connectivity index (χ3n) is 6.83. The standard InChI is InChI=1S/C30H36N2O8S/c1-16-17(2)26-24(18(3)25(16)34)21(32-38-14-23(33)39-29(4,5)6)13-30(7,40-26)15-37-20-10-8-19(9-11-20)12-22-27(35)31-28(36)41-22/h8-11,22,34H,12-15H2,1-7H3,(H,31,35,36)/b32-21-. The molecule has 0 radical (unpaired) electrons. The molecule has 2 aromatic carbocycles. The van der Waals surface area contributed by atoms with E-state index in [-0.39, 0.29) is 36.5 Å². The Morgan fingerprint density at radius 2 is 1.83 bits per heavy atom. The topological polar surface area (TPSA) is 133 Å². The van der Waals surface area contributed by atoms with Crippen molar-refractivity contribution in [3.8, 4) is 17.2 Å².